The predicted octanol–water partition coefficient (Wildman–Crippen LogP) is 6.08. The van der Waals surface area contributed by atoms with Crippen molar-refractivity contribution in [3.8, 4) is 0 Å². The molecular weight excluding hydrogens is 298 g/mol. The number of hydrogen-bond acceptors (Lipinski definition) is 2. The fourth-order valence-electron chi connectivity index (χ4n) is 2.99. The molecule has 0 aromatic rings. The van der Waals surface area contributed by atoms with Crippen molar-refractivity contribution >= 4 is 5.97 Å². The smallest absolute Gasteiger partial charge is 0.302 e. The molecular formula is C22H32O2. The van der Waals surface area contributed by atoms with E-state index in [1.807, 2.05) is 25.2 Å². The van der Waals surface area contributed by atoms with Crippen LogP contribution in [0.1, 0.15) is 60.8 Å². The van der Waals surface area contributed by atoms with Crippen LogP contribution in [0.15, 0.2) is 58.7 Å². The minimum atomic E-state index is -0.251. The van der Waals surface area contributed by atoms with Gasteiger partial charge in [0.05, 0.1) is 0 Å². The van der Waals surface area contributed by atoms with Gasteiger partial charge < -0.3 is 4.74 Å². The highest BCUT2D eigenvalue weighted by molar-refractivity contribution is 5.66. The monoisotopic (exact) mass is 330 g/mol. The van der Waals surface area contributed by atoms with E-state index in [4.69, 9.17) is 4.74 Å². The number of carbonyl (C=O) groups is 1. The number of rotatable bonds is 6. The normalized spacial score (nSPS) is 19.4. The van der Waals surface area contributed by atoms with Crippen molar-refractivity contribution < 1.29 is 9.53 Å². The third-order valence-corrected chi connectivity index (χ3v) is 4.47. The Hall–Kier alpha value is -1.83. The number of esters is 1. The second-order valence-corrected chi connectivity index (χ2v) is 7.29. The summed E-state index contributed by atoms with van der Waals surface area (Å²) in [6.45, 7) is 12.8. The Morgan fingerprint density at radius 1 is 1.17 bits per heavy atom. The fraction of sp³-hybridized carbons (Fsp3) is 0.500. The first-order chi connectivity index (χ1) is 11.2. The molecule has 2 heteroatoms. The predicted molar refractivity (Wildman–Crippen MR) is 103 cm³/mol. The molecule has 0 atom stereocenters. The molecule has 0 heterocycles. The van der Waals surface area contributed by atoms with Gasteiger partial charge in [0, 0.05) is 6.92 Å². The van der Waals surface area contributed by atoms with E-state index in [0.29, 0.717) is 6.61 Å². The SMILES string of the molecule is CC(=O)O[13CH2]/[13CH]=C(C)/C=C/C=C(C)/C=C/C1=C(C)CCCC1(C)C. The Bertz CT molecular complexity index is 595. The molecule has 0 N–H and O–H groups in total. The van der Waals surface area contributed by atoms with Gasteiger partial charge in [-0.25, -0.2) is 0 Å². The molecule has 1 aliphatic rings. The van der Waals surface area contributed by atoms with Gasteiger partial charge in [-0.05, 0) is 57.1 Å². The van der Waals surface area contributed by atoms with E-state index in [9.17, 15) is 4.79 Å². The Labute approximate surface area is 147 Å². The van der Waals surface area contributed by atoms with Crippen molar-refractivity contribution in [1.29, 1.82) is 0 Å². The zero-order chi connectivity index (χ0) is 18.2. The topological polar surface area (TPSA) is 26.3 Å². The average molecular weight is 330 g/mol. The second-order valence-electron chi connectivity index (χ2n) is 7.29. The van der Waals surface area contributed by atoms with Gasteiger partial charge in [-0.1, -0.05) is 60.9 Å². The first-order valence-electron chi connectivity index (χ1n) is 8.76. The largest absolute Gasteiger partial charge is 0.462 e. The molecule has 0 saturated heterocycles. The van der Waals surface area contributed by atoms with Crippen molar-refractivity contribution in [2.24, 2.45) is 5.41 Å². The summed E-state index contributed by atoms with van der Waals surface area (Å²) in [5.74, 6) is -0.251. The van der Waals surface area contributed by atoms with Gasteiger partial charge in [-0.2, -0.15) is 0 Å². The van der Waals surface area contributed by atoms with Gasteiger partial charge in [0.1, 0.15) is 6.61 Å². The van der Waals surface area contributed by atoms with E-state index < -0.39 is 0 Å². The summed E-state index contributed by atoms with van der Waals surface area (Å²) >= 11 is 0. The van der Waals surface area contributed by atoms with Crippen LogP contribution in [0.5, 0.6) is 0 Å². The van der Waals surface area contributed by atoms with E-state index in [1.54, 1.807) is 0 Å². The Balaban J connectivity index is 2.67. The number of carbonyl (C=O) groups excluding carboxylic acids is 1. The first-order valence-corrected chi connectivity index (χ1v) is 8.76. The third-order valence-electron chi connectivity index (χ3n) is 4.47. The molecule has 0 radical (unpaired) electrons. The molecule has 1 rings (SSSR count). The van der Waals surface area contributed by atoms with E-state index in [1.165, 1.54) is 42.9 Å². The van der Waals surface area contributed by atoms with Gasteiger partial charge in [-0.3, -0.25) is 4.79 Å². The summed E-state index contributed by atoms with van der Waals surface area (Å²) in [6, 6.07) is 0. The molecule has 1 aliphatic carbocycles. The molecule has 0 unspecified atom stereocenters. The van der Waals surface area contributed by atoms with Gasteiger partial charge in [-0.15, -0.1) is 0 Å². The van der Waals surface area contributed by atoms with Gasteiger partial charge in [0.15, 0.2) is 0 Å². The van der Waals surface area contributed by atoms with Crippen LogP contribution < -0.4 is 0 Å². The Morgan fingerprint density at radius 3 is 2.50 bits per heavy atom. The van der Waals surface area contributed by atoms with E-state index in [0.717, 1.165) is 5.57 Å². The zero-order valence-corrected chi connectivity index (χ0v) is 16.1. The molecule has 0 spiro atoms. The number of allylic oxidation sites excluding steroid dienone is 9. The van der Waals surface area contributed by atoms with Crippen LogP contribution in [0.2, 0.25) is 0 Å². The minimum Gasteiger partial charge on any atom is -0.462 e. The van der Waals surface area contributed by atoms with Crippen LogP contribution in [0.3, 0.4) is 0 Å². The van der Waals surface area contributed by atoms with Gasteiger partial charge in [0.25, 0.3) is 0 Å². The molecule has 0 fully saturated rings. The maximum absolute atomic E-state index is 10.7. The fourth-order valence-corrected chi connectivity index (χ4v) is 2.99. The molecule has 0 saturated carbocycles. The highest BCUT2D eigenvalue weighted by Crippen LogP contribution is 2.40. The summed E-state index contributed by atoms with van der Waals surface area (Å²) in [5.41, 5.74) is 5.60. The molecule has 0 aliphatic heterocycles. The highest BCUT2D eigenvalue weighted by Gasteiger charge is 2.26. The summed E-state index contributed by atoms with van der Waals surface area (Å²) in [5, 5.41) is 0. The zero-order valence-electron chi connectivity index (χ0n) is 16.1. The maximum Gasteiger partial charge on any atom is 0.302 e. The Kier molecular flexibility index (Phi) is 7.97. The molecule has 24 heavy (non-hydrogen) atoms. The van der Waals surface area contributed by atoms with E-state index in [-0.39, 0.29) is 11.4 Å². The minimum absolute atomic E-state index is 0.251. The molecule has 0 amide bonds. The third kappa shape index (κ3) is 7.16. The number of hydrogen-bond donors (Lipinski definition) is 0. The lowest BCUT2D eigenvalue weighted by atomic mass is 9.72. The lowest BCUT2D eigenvalue weighted by Crippen LogP contribution is -2.19. The summed E-state index contributed by atoms with van der Waals surface area (Å²) in [7, 11) is 0. The Morgan fingerprint density at radius 2 is 1.88 bits per heavy atom. The van der Waals surface area contributed by atoms with Crippen LogP contribution in [0.25, 0.3) is 0 Å². The van der Waals surface area contributed by atoms with Gasteiger partial charge in [0.2, 0.25) is 0 Å². The van der Waals surface area contributed by atoms with Crippen LogP contribution >= 0.6 is 0 Å². The second kappa shape index (κ2) is 9.46. The van der Waals surface area contributed by atoms with Crippen molar-refractivity contribution in [3.05, 3.63) is 58.7 Å². The van der Waals surface area contributed by atoms with Crippen molar-refractivity contribution in [2.45, 2.75) is 60.8 Å². The molecule has 0 bridgehead atoms. The standard InChI is InChI=1S/C22H32O2/c1-17(9-7-10-18(2)14-16-24-20(4)23)12-13-21-19(3)11-8-15-22(21,5)6/h7,9-10,12-14H,8,11,15-16H2,1-6H3/b10-7+,13-12+,17-9+,18-14+/i14+1,16+1. The molecule has 132 valence electrons. The summed E-state index contributed by atoms with van der Waals surface area (Å²) < 4.78 is 4.89. The van der Waals surface area contributed by atoms with Crippen LogP contribution in [0, 0.1) is 5.41 Å². The van der Waals surface area contributed by atoms with Crippen LogP contribution in [-0.4, -0.2) is 12.6 Å². The maximum atomic E-state index is 10.7. The lowest BCUT2D eigenvalue weighted by molar-refractivity contribution is -0.139. The first kappa shape index (κ1) is 20.2. The average Bonchev–Trinajstić information content (AvgIpc) is 2.45. The van der Waals surface area contributed by atoms with Crippen LogP contribution in [0.4, 0.5) is 0 Å². The summed E-state index contributed by atoms with van der Waals surface area (Å²) in [4.78, 5) is 10.7. The molecule has 0 aromatic carbocycles. The molecule has 0 aromatic heterocycles. The van der Waals surface area contributed by atoms with Crippen LogP contribution in [-0.2, 0) is 9.53 Å². The quantitative estimate of drug-likeness (QED) is 0.335. The highest BCUT2D eigenvalue weighted by atomic mass is 16.6. The van der Waals surface area contributed by atoms with E-state index >= 15 is 0 Å². The lowest BCUT2D eigenvalue weighted by Gasteiger charge is -2.32. The van der Waals surface area contributed by atoms with Crippen molar-refractivity contribution in [2.75, 3.05) is 6.61 Å². The number of ether oxygens (including phenoxy) is 1. The van der Waals surface area contributed by atoms with E-state index in [2.05, 4.69) is 45.9 Å². The summed E-state index contributed by atoms with van der Waals surface area (Å²) in [6.07, 6.45) is 16.3. The van der Waals surface area contributed by atoms with Gasteiger partial charge >= 0.3 is 5.97 Å². The van der Waals surface area contributed by atoms with Crippen molar-refractivity contribution in [1.82, 2.24) is 0 Å². The molecule has 2 nitrogen and oxygen atoms in total. The van der Waals surface area contributed by atoms with Crippen molar-refractivity contribution in [3.63, 3.8) is 0 Å².